The van der Waals surface area contributed by atoms with Crippen LogP contribution in [0.5, 0.6) is 5.88 Å². The Morgan fingerprint density at radius 2 is 2.05 bits per heavy atom. The lowest BCUT2D eigenvalue weighted by Gasteiger charge is -2.09. The molecule has 0 spiro atoms. The number of benzene rings is 1. The first-order valence-corrected chi connectivity index (χ1v) is 6.91. The number of esters is 1. The zero-order chi connectivity index (χ0) is 15.4. The quantitative estimate of drug-likeness (QED) is 0.491. The van der Waals surface area contributed by atoms with Crippen molar-refractivity contribution in [3.63, 3.8) is 0 Å². The van der Waals surface area contributed by atoms with Gasteiger partial charge in [0.05, 0.1) is 11.1 Å². The molecule has 0 amide bonds. The van der Waals surface area contributed by atoms with Crippen LogP contribution in [0.15, 0.2) is 35.6 Å². The van der Waals surface area contributed by atoms with Crippen molar-refractivity contribution in [3.05, 3.63) is 47.4 Å². The maximum Gasteiger partial charge on any atom is 0.347 e. The summed E-state index contributed by atoms with van der Waals surface area (Å²) in [4.78, 5) is 19.2. The number of thioether (sulfide) groups is 1. The molecule has 0 unspecified atom stereocenters. The Labute approximate surface area is 122 Å². The second-order valence-corrected chi connectivity index (χ2v) is 4.56. The number of ether oxygens (including phenoxy) is 1. The topological polar surface area (TPSA) is 52.1 Å². The molecule has 21 heavy (non-hydrogen) atoms. The summed E-state index contributed by atoms with van der Waals surface area (Å²) in [5, 5.41) is 0.163. The average Bonchev–Trinajstić information content (AvgIpc) is 2.47. The minimum absolute atomic E-state index is 0.163. The molecule has 0 aliphatic rings. The Morgan fingerprint density at radius 1 is 1.33 bits per heavy atom. The average molecular weight is 314 g/mol. The second kappa shape index (κ2) is 6.57. The summed E-state index contributed by atoms with van der Waals surface area (Å²) in [7, 11) is 0. The molecule has 0 fully saturated rings. The van der Waals surface area contributed by atoms with Crippen molar-refractivity contribution in [1.82, 2.24) is 9.97 Å². The molecule has 0 aliphatic carbocycles. The summed E-state index contributed by atoms with van der Waals surface area (Å²) in [6.45, 7) is 0. The fraction of sp³-hybridized carbons (Fsp3) is 0.154. The molecule has 1 heterocycles. The van der Waals surface area contributed by atoms with Crippen molar-refractivity contribution in [1.29, 1.82) is 0 Å². The number of hydrogen-bond acceptors (Lipinski definition) is 5. The van der Waals surface area contributed by atoms with Crippen LogP contribution in [0, 0.1) is 5.82 Å². The van der Waals surface area contributed by atoms with Crippen molar-refractivity contribution in [2.45, 2.75) is 11.6 Å². The normalized spacial score (nSPS) is 10.7. The summed E-state index contributed by atoms with van der Waals surface area (Å²) in [6, 6.07) is 5.09. The van der Waals surface area contributed by atoms with E-state index in [1.165, 1.54) is 18.2 Å². The Hall–Kier alpha value is -2.09. The van der Waals surface area contributed by atoms with Crippen molar-refractivity contribution in [3.8, 4) is 5.88 Å². The largest absolute Gasteiger partial charge is 0.403 e. The van der Waals surface area contributed by atoms with E-state index in [9.17, 15) is 18.0 Å². The molecular formula is C13H9F3N2O2S. The molecule has 0 saturated heterocycles. The number of carbonyl (C=O) groups excluding carboxylic acids is 1. The monoisotopic (exact) mass is 314 g/mol. The van der Waals surface area contributed by atoms with Gasteiger partial charge in [0.15, 0.2) is 5.16 Å². The molecule has 0 saturated carbocycles. The zero-order valence-electron chi connectivity index (χ0n) is 10.7. The van der Waals surface area contributed by atoms with Crippen molar-refractivity contribution < 1.29 is 22.7 Å². The van der Waals surface area contributed by atoms with E-state index in [4.69, 9.17) is 4.74 Å². The number of carbonyl (C=O) groups is 1. The fourth-order valence-electron chi connectivity index (χ4n) is 1.46. The van der Waals surface area contributed by atoms with E-state index in [2.05, 4.69) is 9.97 Å². The van der Waals surface area contributed by atoms with Gasteiger partial charge in [-0.15, -0.1) is 0 Å². The zero-order valence-corrected chi connectivity index (χ0v) is 11.5. The van der Waals surface area contributed by atoms with E-state index in [-0.39, 0.29) is 10.7 Å². The van der Waals surface area contributed by atoms with Crippen molar-refractivity contribution in [2.24, 2.45) is 0 Å². The number of hydrogen-bond donors (Lipinski definition) is 0. The van der Waals surface area contributed by atoms with Gasteiger partial charge in [-0.25, -0.2) is 22.9 Å². The van der Waals surface area contributed by atoms with Crippen LogP contribution in [0.25, 0.3) is 0 Å². The van der Waals surface area contributed by atoms with Crippen LogP contribution in [0.3, 0.4) is 0 Å². The van der Waals surface area contributed by atoms with E-state index >= 15 is 0 Å². The number of halogens is 3. The fourth-order valence-corrected chi connectivity index (χ4v) is 1.79. The van der Waals surface area contributed by atoms with Crippen LogP contribution in [0.2, 0.25) is 0 Å². The van der Waals surface area contributed by atoms with Crippen LogP contribution in [-0.2, 0) is 0 Å². The molecule has 110 valence electrons. The molecule has 0 atom stereocenters. The van der Waals surface area contributed by atoms with Gasteiger partial charge in [0.1, 0.15) is 5.82 Å². The van der Waals surface area contributed by atoms with Crippen molar-refractivity contribution >= 4 is 17.7 Å². The van der Waals surface area contributed by atoms with Gasteiger partial charge < -0.3 is 4.74 Å². The first kappa shape index (κ1) is 15.3. The Morgan fingerprint density at radius 3 is 2.67 bits per heavy atom. The smallest absolute Gasteiger partial charge is 0.347 e. The van der Waals surface area contributed by atoms with Gasteiger partial charge >= 0.3 is 5.97 Å². The van der Waals surface area contributed by atoms with E-state index in [0.717, 1.165) is 24.0 Å². The molecule has 0 radical (unpaired) electrons. The van der Waals surface area contributed by atoms with Crippen LogP contribution in [0.4, 0.5) is 13.2 Å². The maximum absolute atomic E-state index is 13.5. The van der Waals surface area contributed by atoms with Crippen molar-refractivity contribution in [2.75, 3.05) is 6.26 Å². The first-order valence-electron chi connectivity index (χ1n) is 5.68. The predicted octanol–water partition coefficient (Wildman–Crippen LogP) is 3.49. The van der Waals surface area contributed by atoms with E-state index in [0.29, 0.717) is 0 Å². The Kier molecular flexibility index (Phi) is 4.79. The molecule has 4 nitrogen and oxygen atoms in total. The SMILES string of the molecule is CSc1ncc(C(F)F)c(OC(=O)c2ccccc2F)n1. The van der Waals surface area contributed by atoms with E-state index in [1.807, 2.05) is 0 Å². The van der Waals surface area contributed by atoms with Gasteiger partial charge in [-0.1, -0.05) is 23.9 Å². The highest BCUT2D eigenvalue weighted by Gasteiger charge is 2.21. The number of alkyl halides is 2. The summed E-state index contributed by atoms with van der Waals surface area (Å²) in [6.07, 6.45) is -0.392. The summed E-state index contributed by atoms with van der Waals surface area (Å²) in [5.74, 6) is -2.47. The molecule has 0 bridgehead atoms. The lowest BCUT2D eigenvalue weighted by atomic mass is 10.2. The summed E-state index contributed by atoms with van der Waals surface area (Å²) in [5.41, 5.74) is -0.987. The number of rotatable bonds is 4. The molecule has 2 aromatic rings. The minimum Gasteiger partial charge on any atom is -0.403 e. The third-order valence-electron chi connectivity index (χ3n) is 2.46. The lowest BCUT2D eigenvalue weighted by Crippen LogP contribution is -2.13. The van der Waals surface area contributed by atoms with Crippen LogP contribution >= 0.6 is 11.8 Å². The van der Waals surface area contributed by atoms with Gasteiger partial charge in [0, 0.05) is 6.20 Å². The Balaban J connectivity index is 2.34. The summed E-state index contributed by atoms with van der Waals surface area (Å²) < 4.78 is 43.9. The van der Waals surface area contributed by atoms with Gasteiger partial charge in [0.25, 0.3) is 6.43 Å². The molecule has 2 rings (SSSR count). The first-order chi connectivity index (χ1) is 10.0. The second-order valence-electron chi connectivity index (χ2n) is 3.79. The number of nitrogens with zero attached hydrogens (tertiary/aromatic N) is 2. The minimum atomic E-state index is -2.91. The third-order valence-corrected chi connectivity index (χ3v) is 3.02. The molecule has 0 N–H and O–H groups in total. The van der Waals surface area contributed by atoms with Crippen LogP contribution < -0.4 is 4.74 Å². The van der Waals surface area contributed by atoms with Gasteiger partial charge in [-0.2, -0.15) is 4.98 Å². The summed E-state index contributed by atoms with van der Waals surface area (Å²) >= 11 is 1.10. The third kappa shape index (κ3) is 3.52. The molecule has 1 aromatic carbocycles. The van der Waals surface area contributed by atoms with Crippen LogP contribution in [0.1, 0.15) is 22.3 Å². The standard InChI is InChI=1S/C13H9F3N2O2S/c1-21-13-17-6-8(10(15)16)11(18-13)20-12(19)7-4-2-3-5-9(7)14/h2-6,10H,1H3. The number of aromatic nitrogens is 2. The highest BCUT2D eigenvalue weighted by molar-refractivity contribution is 7.98. The molecule has 8 heteroatoms. The van der Waals surface area contributed by atoms with Crippen LogP contribution in [-0.4, -0.2) is 22.2 Å². The maximum atomic E-state index is 13.5. The highest BCUT2D eigenvalue weighted by atomic mass is 32.2. The van der Waals surface area contributed by atoms with E-state index in [1.54, 1.807) is 6.26 Å². The molecule has 1 aromatic heterocycles. The van der Waals surface area contributed by atoms with Gasteiger partial charge in [0.2, 0.25) is 5.88 Å². The van der Waals surface area contributed by atoms with E-state index < -0.39 is 29.7 Å². The molecule has 0 aliphatic heterocycles. The van der Waals surface area contributed by atoms with Gasteiger partial charge in [-0.3, -0.25) is 0 Å². The predicted molar refractivity (Wildman–Crippen MR) is 70.1 cm³/mol. The lowest BCUT2D eigenvalue weighted by molar-refractivity contribution is 0.0707. The Bertz CT molecular complexity index is 668. The highest BCUT2D eigenvalue weighted by Crippen LogP contribution is 2.28. The molecular weight excluding hydrogens is 305 g/mol. The van der Waals surface area contributed by atoms with Gasteiger partial charge in [-0.05, 0) is 18.4 Å².